The monoisotopic (exact) mass is 239 g/mol. The van der Waals surface area contributed by atoms with Crippen LogP contribution in [0.1, 0.15) is 52.9 Å². The van der Waals surface area contributed by atoms with Crippen molar-refractivity contribution in [2.75, 3.05) is 0 Å². The smallest absolute Gasteiger partial charge is 0.417 e. The zero-order chi connectivity index (χ0) is 12.6. The average molecular weight is 239 g/mol. The van der Waals surface area contributed by atoms with Gasteiger partial charge in [-0.3, -0.25) is 4.79 Å². The van der Waals surface area contributed by atoms with Crippen molar-refractivity contribution in [1.29, 1.82) is 0 Å². The van der Waals surface area contributed by atoms with E-state index in [4.69, 9.17) is 4.74 Å². The summed E-state index contributed by atoms with van der Waals surface area (Å²) in [5.74, 6) is 0.305. The summed E-state index contributed by atoms with van der Waals surface area (Å²) in [6.07, 6.45) is 4.34. The molecule has 17 heavy (non-hydrogen) atoms. The van der Waals surface area contributed by atoms with Crippen LogP contribution in [-0.4, -0.2) is 28.5 Å². The molecule has 2 atom stereocenters. The van der Waals surface area contributed by atoms with Crippen LogP contribution < -0.4 is 0 Å². The number of likely N-dealkylation sites (tertiary alicyclic amines) is 1. The molecule has 4 heteroatoms. The van der Waals surface area contributed by atoms with E-state index in [-0.39, 0.29) is 11.9 Å². The normalized spacial score (nSPS) is 29.1. The first-order chi connectivity index (χ1) is 7.88. The van der Waals surface area contributed by atoms with Crippen LogP contribution in [0.2, 0.25) is 0 Å². The maximum Gasteiger partial charge on any atom is 0.417 e. The fourth-order valence-corrected chi connectivity index (χ4v) is 2.82. The summed E-state index contributed by atoms with van der Waals surface area (Å²) >= 11 is 0. The lowest BCUT2D eigenvalue weighted by Gasteiger charge is -2.31. The lowest BCUT2D eigenvalue weighted by molar-refractivity contribution is -0.128. The second-order valence-corrected chi connectivity index (χ2v) is 6.06. The third-order valence-electron chi connectivity index (χ3n) is 3.50. The minimum Gasteiger partial charge on any atom is -0.443 e. The van der Waals surface area contributed by atoms with Gasteiger partial charge in [0.25, 0.3) is 0 Å². The van der Waals surface area contributed by atoms with Gasteiger partial charge < -0.3 is 4.74 Å². The van der Waals surface area contributed by atoms with Crippen molar-refractivity contribution in [3.8, 4) is 0 Å². The zero-order valence-electron chi connectivity index (χ0n) is 10.9. The van der Waals surface area contributed by atoms with E-state index in [9.17, 15) is 9.59 Å². The molecule has 1 saturated carbocycles. The number of carbonyl (C=O) groups excluding carboxylic acids is 2. The van der Waals surface area contributed by atoms with E-state index >= 15 is 0 Å². The predicted octanol–water partition coefficient (Wildman–Crippen LogP) is 2.71. The van der Waals surface area contributed by atoms with Crippen LogP contribution >= 0.6 is 0 Å². The Labute approximate surface area is 102 Å². The summed E-state index contributed by atoms with van der Waals surface area (Å²) in [5.41, 5.74) is -0.538. The summed E-state index contributed by atoms with van der Waals surface area (Å²) in [7, 11) is 0. The van der Waals surface area contributed by atoms with E-state index < -0.39 is 11.7 Å². The zero-order valence-corrected chi connectivity index (χ0v) is 10.9. The first kappa shape index (κ1) is 12.4. The molecule has 1 aliphatic heterocycles. The highest BCUT2D eigenvalue weighted by Gasteiger charge is 2.45. The van der Waals surface area contributed by atoms with Crippen LogP contribution in [0.15, 0.2) is 0 Å². The van der Waals surface area contributed by atoms with E-state index in [0.717, 1.165) is 19.3 Å². The van der Waals surface area contributed by atoms with Crippen LogP contribution in [0, 0.1) is 5.92 Å². The van der Waals surface area contributed by atoms with Crippen LogP contribution in [0.25, 0.3) is 0 Å². The van der Waals surface area contributed by atoms with Crippen molar-refractivity contribution in [2.24, 2.45) is 5.92 Å². The largest absolute Gasteiger partial charge is 0.443 e. The summed E-state index contributed by atoms with van der Waals surface area (Å²) in [6.45, 7) is 5.47. The quantitative estimate of drug-likeness (QED) is 0.653. The van der Waals surface area contributed by atoms with Gasteiger partial charge in [-0.2, -0.15) is 0 Å². The molecule has 0 aromatic heterocycles. The molecule has 0 aromatic carbocycles. The van der Waals surface area contributed by atoms with Crippen LogP contribution in [-0.2, 0) is 9.53 Å². The fourth-order valence-electron chi connectivity index (χ4n) is 2.82. The van der Waals surface area contributed by atoms with Gasteiger partial charge in [0, 0.05) is 12.5 Å². The summed E-state index contributed by atoms with van der Waals surface area (Å²) in [4.78, 5) is 25.3. The molecule has 2 unspecified atom stereocenters. The van der Waals surface area contributed by atoms with Crippen molar-refractivity contribution in [2.45, 2.75) is 64.5 Å². The van der Waals surface area contributed by atoms with Crippen molar-refractivity contribution in [1.82, 2.24) is 4.90 Å². The fraction of sp³-hybridized carbons (Fsp3) is 0.846. The number of hydrogen-bond donors (Lipinski definition) is 0. The number of carbonyl (C=O) groups is 2. The van der Waals surface area contributed by atoms with Crippen molar-refractivity contribution in [3.63, 3.8) is 0 Å². The minimum absolute atomic E-state index is 0.0591. The molecule has 0 bridgehead atoms. The van der Waals surface area contributed by atoms with Gasteiger partial charge in [0.2, 0.25) is 5.91 Å². The van der Waals surface area contributed by atoms with Gasteiger partial charge >= 0.3 is 6.09 Å². The molecule has 0 radical (unpaired) electrons. The van der Waals surface area contributed by atoms with Gasteiger partial charge in [0.15, 0.2) is 0 Å². The number of hydrogen-bond acceptors (Lipinski definition) is 3. The molecule has 4 nitrogen and oxygen atoms in total. The highest BCUT2D eigenvalue weighted by molar-refractivity contribution is 5.94. The van der Waals surface area contributed by atoms with Gasteiger partial charge in [-0.1, -0.05) is 12.8 Å². The Morgan fingerprint density at radius 2 is 1.94 bits per heavy atom. The average Bonchev–Trinajstić information content (AvgIpc) is 2.50. The van der Waals surface area contributed by atoms with Gasteiger partial charge in [-0.25, -0.2) is 9.69 Å². The first-order valence-electron chi connectivity index (χ1n) is 6.43. The SMILES string of the molecule is CC(C)(C)OC(=O)N1C(=O)CC2CCCCC21. The Morgan fingerprint density at radius 3 is 2.59 bits per heavy atom. The van der Waals surface area contributed by atoms with Crippen LogP contribution in [0.3, 0.4) is 0 Å². The third kappa shape index (κ3) is 2.61. The van der Waals surface area contributed by atoms with E-state index in [1.54, 1.807) is 0 Å². The Bertz CT molecular complexity index is 332. The van der Waals surface area contributed by atoms with Gasteiger partial charge in [0.05, 0.1) is 0 Å². The molecule has 1 saturated heterocycles. The summed E-state index contributed by atoms with van der Waals surface area (Å²) < 4.78 is 5.31. The predicted molar refractivity (Wildman–Crippen MR) is 63.4 cm³/mol. The van der Waals surface area contributed by atoms with E-state index in [1.165, 1.54) is 11.3 Å². The number of rotatable bonds is 0. The molecule has 2 aliphatic rings. The maximum atomic E-state index is 12.0. The van der Waals surface area contributed by atoms with Crippen molar-refractivity contribution >= 4 is 12.0 Å². The second-order valence-electron chi connectivity index (χ2n) is 6.06. The number of fused-ring (bicyclic) bond motifs is 1. The molecule has 96 valence electrons. The number of ether oxygens (including phenoxy) is 1. The number of imide groups is 1. The maximum absolute atomic E-state index is 12.0. The van der Waals surface area contributed by atoms with E-state index in [1.807, 2.05) is 20.8 Å². The van der Waals surface area contributed by atoms with Gasteiger partial charge in [0.1, 0.15) is 5.60 Å². The topological polar surface area (TPSA) is 46.6 Å². The molecule has 0 spiro atoms. The molecule has 2 fully saturated rings. The minimum atomic E-state index is -0.538. The molecule has 0 aromatic rings. The highest BCUT2D eigenvalue weighted by Crippen LogP contribution is 2.37. The van der Waals surface area contributed by atoms with E-state index in [2.05, 4.69) is 0 Å². The molecule has 1 aliphatic carbocycles. The lowest BCUT2D eigenvalue weighted by Crippen LogP contribution is -2.44. The summed E-state index contributed by atoms with van der Waals surface area (Å²) in [5, 5.41) is 0. The molecule has 0 N–H and O–H groups in total. The Hall–Kier alpha value is -1.06. The summed E-state index contributed by atoms with van der Waals surface area (Å²) in [6, 6.07) is 0.0890. The number of nitrogens with zero attached hydrogens (tertiary/aromatic N) is 1. The Balaban J connectivity index is 2.09. The Kier molecular flexibility index (Phi) is 3.15. The lowest BCUT2D eigenvalue weighted by atomic mass is 9.85. The third-order valence-corrected chi connectivity index (χ3v) is 3.50. The molecule has 2 rings (SSSR count). The molecular weight excluding hydrogens is 218 g/mol. The van der Waals surface area contributed by atoms with Crippen molar-refractivity contribution < 1.29 is 14.3 Å². The molecule has 1 heterocycles. The van der Waals surface area contributed by atoms with Crippen molar-refractivity contribution in [3.05, 3.63) is 0 Å². The standard InChI is InChI=1S/C13H21NO3/c1-13(2,3)17-12(16)14-10-7-5-4-6-9(10)8-11(14)15/h9-10H,4-8H2,1-3H3. The second kappa shape index (κ2) is 4.31. The Morgan fingerprint density at radius 1 is 1.29 bits per heavy atom. The van der Waals surface area contributed by atoms with Crippen LogP contribution in [0.5, 0.6) is 0 Å². The van der Waals surface area contributed by atoms with Crippen LogP contribution in [0.4, 0.5) is 4.79 Å². The highest BCUT2D eigenvalue weighted by atomic mass is 16.6. The molecular formula is C13H21NO3. The molecule has 2 amide bonds. The van der Waals surface area contributed by atoms with E-state index in [0.29, 0.717) is 12.3 Å². The van der Waals surface area contributed by atoms with Gasteiger partial charge in [-0.05, 0) is 39.5 Å². The first-order valence-corrected chi connectivity index (χ1v) is 6.43. The number of amides is 2. The van der Waals surface area contributed by atoms with Gasteiger partial charge in [-0.15, -0.1) is 0 Å².